The van der Waals surface area contributed by atoms with Crippen LogP contribution in [0.3, 0.4) is 0 Å². The van der Waals surface area contributed by atoms with Crippen molar-refractivity contribution in [3.63, 3.8) is 0 Å². The van der Waals surface area contributed by atoms with Crippen LogP contribution in [0.2, 0.25) is 0 Å². The molecule has 1 aromatic carbocycles. The number of nitro groups is 1. The SMILES string of the molecule is COCc1nc(-c2ccc([N+](=O)[O-])cc2)nc(N)c1I. The molecule has 0 saturated carbocycles. The van der Waals surface area contributed by atoms with Crippen molar-refractivity contribution in [2.45, 2.75) is 6.61 Å². The van der Waals surface area contributed by atoms with Gasteiger partial charge in [-0.05, 0) is 34.7 Å². The second-order valence-electron chi connectivity index (χ2n) is 3.93. The fourth-order valence-corrected chi connectivity index (χ4v) is 2.00. The first-order valence-corrected chi connectivity index (χ1v) is 6.66. The van der Waals surface area contributed by atoms with Crippen LogP contribution in [0.1, 0.15) is 5.69 Å². The number of nitro benzene ring substituents is 1. The van der Waals surface area contributed by atoms with E-state index in [0.29, 0.717) is 29.5 Å². The number of nitrogens with zero attached hydrogens (tertiary/aromatic N) is 3. The van der Waals surface area contributed by atoms with Gasteiger partial charge in [-0.15, -0.1) is 0 Å². The van der Waals surface area contributed by atoms with E-state index in [4.69, 9.17) is 10.5 Å². The maximum absolute atomic E-state index is 10.6. The Kier molecular flexibility index (Phi) is 4.45. The molecule has 0 aliphatic rings. The second-order valence-corrected chi connectivity index (χ2v) is 5.01. The van der Waals surface area contributed by atoms with E-state index in [0.717, 1.165) is 3.57 Å². The molecule has 0 bridgehead atoms. The predicted molar refractivity (Wildman–Crippen MR) is 82.0 cm³/mol. The molecular formula is C12H11IN4O3. The highest BCUT2D eigenvalue weighted by Crippen LogP contribution is 2.24. The quantitative estimate of drug-likeness (QED) is 0.492. The summed E-state index contributed by atoms with van der Waals surface area (Å²) in [5.74, 6) is 0.783. The summed E-state index contributed by atoms with van der Waals surface area (Å²) in [6, 6.07) is 6.00. The number of non-ortho nitro benzene ring substituents is 1. The van der Waals surface area contributed by atoms with Crippen molar-refractivity contribution in [2.24, 2.45) is 0 Å². The van der Waals surface area contributed by atoms with Crippen LogP contribution in [0.4, 0.5) is 11.5 Å². The van der Waals surface area contributed by atoms with E-state index in [2.05, 4.69) is 32.6 Å². The zero-order chi connectivity index (χ0) is 14.7. The monoisotopic (exact) mass is 386 g/mol. The lowest BCUT2D eigenvalue weighted by atomic mass is 10.2. The molecule has 104 valence electrons. The zero-order valence-corrected chi connectivity index (χ0v) is 12.7. The largest absolute Gasteiger partial charge is 0.383 e. The summed E-state index contributed by atoms with van der Waals surface area (Å²) >= 11 is 2.06. The molecule has 1 heterocycles. The fourth-order valence-electron chi connectivity index (χ4n) is 1.61. The maximum Gasteiger partial charge on any atom is 0.269 e. The van der Waals surface area contributed by atoms with Crippen LogP contribution in [-0.2, 0) is 11.3 Å². The zero-order valence-electron chi connectivity index (χ0n) is 10.5. The normalized spacial score (nSPS) is 10.5. The average molecular weight is 386 g/mol. The number of ether oxygens (including phenoxy) is 1. The minimum absolute atomic E-state index is 0.0179. The molecular weight excluding hydrogens is 375 g/mol. The van der Waals surface area contributed by atoms with Crippen molar-refractivity contribution < 1.29 is 9.66 Å². The third-order valence-electron chi connectivity index (χ3n) is 2.56. The Bertz CT molecular complexity index is 646. The van der Waals surface area contributed by atoms with E-state index in [9.17, 15) is 10.1 Å². The molecule has 2 aromatic rings. The van der Waals surface area contributed by atoms with Gasteiger partial charge in [0, 0.05) is 24.8 Å². The van der Waals surface area contributed by atoms with Gasteiger partial charge in [0.1, 0.15) is 5.82 Å². The van der Waals surface area contributed by atoms with Crippen LogP contribution >= 0.6 is 22.6 Å². The summed E-state index contributed by atoms with van der Waals surface area (Å²) < 4.78 is 5.81. The molecule has 0 saturated heterocycles. The van der Waals surface area contributed by atoms with Gasteiger partial charge in [-0.2, -0.15) is 0 Å². The van der Waals surface area contributed by atoms with E-state index in [1.165, 1.54) is 12.1 Å². The van der Waals surface area contributed by atoms with Crippen molar-refractivity contribution in [3.05, 3.63) is 43.6 Å². The van der Waals surface area contributed by atoms with Crippen LogP contribution in [0.5, 0.6) is 0 Å². The van der Waals surface area contributed by atoms with Crippen LogP contribution in [0.25, 0.3) is 11.4 Å². The fraction of sp³-hybridized carbons (Fsp3) is 0.167. The molecule has 0 fully saturated rings. The molecule has 8 heteroatoms. The van der Waals surface area contributed by atoms with Crippen molar-refractivity contribution in [1.82, 2.24) is 9.97 Å². The molecule has 0 unspecified atom stereocenters. The number of rotatable bonds is 4. The van der Waals surface area contributed by atoms with Gasteiger partial charge in [0.25, 0.3) is 5.69 Å². The number of aromatic nitrogens is 2. The lowest BCUT2D eigenvalue weighted by Gasteiger charge is -2.08. The molecule has 0 amide bonds. The summed E-state index contributed by atoms with van der Waals surface area (Å²) in [6.07, 6.45) is 0. The van der Waals surface area contributed by atoms with Crippen LogP contribution in [0, 0.1) is 13.7 Å². The highest BCUT2D eigenvalue weighted by molar-refractivity contribution is 14.1. The Balaban J connectivity index is 2.44. The Labute approximate surface area is 128 Å². The smallest absolute Gasteiger partial charge is 0.269 e. The van der Waals surface area contributed by atoms with Crippen LogP contribution in [0.15, 0.2) is 24.3 Å². The highest BCUT2D eigenvalue weighted by atomic mass is 127. The van der Waals surface area contributed by atoms with Gasteiger partial charge >= 0.3 is 0 Å². The molecule has 2 rings (SSSR count). The number of benzene rings is 1. The van der Waals surface area contributed by atoms with Gasteiger partial charge in [-0.1, -0.05) is 0 Å². The highest BCUT2D eigenvalue weighted by Gasteiger charge is 2.12. The minimum atomic E-state index is -0.455. The van der Waals surface area contributed by atoms with Gasteiger partial charge in [0.05, 0.1) is 20.8 Å². The van der Waals surface area contributed by atoms with E-state index in [1.807, 2.05) is 0 Å². The predicted octanol–water partition coefficient (Wildman–Crippen LogP) is 2.39. The summed E-state index contributed by atoms with van der Waals surface area (Å²) in [5.41, 5.74) is 7.21. The number of anilines is 1. The lowest BCUT2D eigenvalue weighted by molar-refractivity contribution is -0.384. The molecule has 0 aliphatic heterocycles. The first-order valence-electron chi connectivity index (χ1n) is 5.58. The van der Waals surface area contributed by atoms with Crippen molar-refractivity contribution in [2.75, 3.05) is 12.8 Å². The standard InChI is InChI=1S/C12H11IN4O3/c1-20-6-9-10(13)11(14)16-12(15-9)7-2-4-8(5-3-7)17(18)19/h2-5H,6H2,1H3,(H2,14,15,16). The molecule has 1 aromatic heterocycles. The first kappa shape index (κ1) is 14.6. The van der Waals surface area contributed by atoms with Crippen LogP contribution in [-0.4, -0.2) is 22.0 Å². The molecule has 0 atom stereocenters. The van der Waals surface area contributed by atoms with Crippen molar-refractivity contribution in [1.29, 1.82) is 0 Å². The number of methoxy groups -OCH3 is 1. The van der Waals surface area contributed by atoms with Gasteiger partial charge in [0.15, 0.2) is 5.82 Å². The third-order valence-corrected chi connectivity index (χ3v) is 3.74. The van der Waals surface area contributed by atoms with Gasteiger partial charge in [-0.25, -0.2) is 9.97 Å². The summed E-state index contributed by atoms with van der Waals surface area (Å²) in [4.78, 5) is 18.7. The van der Waals surface area contributed by atoms with Crippen molar-refractivity contribution >= 4 is 34.1 Å². The maximum atomic E-state index is 10.6. The van der Waals surface area contributed by atoms with E-state index >= 15 is 0 Å². The van der Waals surface area contributed by atoms with Gasteiger partial charge in [-0.3, -0.25) is 10.1 Å². The molecule has 20 heavy (non-hydrogen) atoms. The Morgan fingerprint density at radius 3 is 2.55 bits per heavy atom. The number of halogens is 1. The Morgan fingerprint density at radius 2 is 2.00 bits per heavy atom. The average Bonchev–Trinajstić information content (AvgIpc) is 2.44. The number of hydrogen-bond acceptors (Lipinski definition) is 6. The first-order chi connectivity index (χ1) is 9.52. The molecule has 0 spiro atoms. The van der Waals surface area contributed by atoms with Gasteiger partial charge in [0.2, 0.25) is 0 Å². The summed E-state index contributed by atoms with van der Waals surface area (Å²) in [6.45, 7) is 0.324. The number of hydrogen-bond donors (Lipinski definition) is 1. The lowest BCUT2D eigenvalue weighted by Crippen LogP contribution is -2.05. The van der Waals surface area contributed by atoms with E-state index in [1.54, 1.807) is 19.2 Å². The molecule has 0 aliphatic carbocycles. The van der Waals surface area contributed by atoms with Crippen LogP contribution < -0.4 is 5.73 Å². The molecule has 0 radical (unpaired) electrons. The Morgan fingerprint density at radius 1 is 1.35 bits per heavy atom. The summed E-state index contributed by atoms with van der Waals surface area (Å²) in [5, 5.41) is 10.6. The minimum Gasteiger partial charge on any atom is -0.383 e. The topological polar surface area (TPSA) is 104 Å². The molecule has 7 nitrogen and oxygen atoms in total. The van der Waals surface area contributed by atoms with Crippen molar-refractivity contribution in [3.8, 4) is 11.4 Å². The number of nitrogen functional groups attached to an aromatic ring is 1. The third kappa shape index (κ3) is 3.02. The number of nitrogens with two attached hydrogens (primary N) is 1. The second kappa shape index (κ2) is 6.09. The van der Waals surface area contributed by atoms with Gasteiger partial charge < -0.3 is 10.5 Å². The Hall–Kier alpha value is -1.81. The summed E-state index contributed by atoms with van der Waals surface area (Å²) in [7, 11) is 1.57. The van der Waals surface area contributed by atoms with E-state index in [-0.39, 0.29) is 5.69 Å². The van der Waals surface area contributed by atoms with E-state index < -0.39 is 4.92 Å². The molecule has 2 N–H and O–H groups in total.